The summed E-state index contributed by atoms with van der Waals surface area (Å²) in [5.41, 5.74) is -1.16. The molecular weight excluding hydrogens is 347 g/mol. The highest BCUT2D eigenvalue weighted by molar-refractivity contribution is 5.90. The molecular formula is C12H8F3N7O3. The van der Waals surface area contributed by atoms with Gasteiger partial charge in [0.1, 0.15) is 6.67 Å². The predicted molar refractivity (Wildman–Crippen MR) is 73.1 cm³/mol. The lowest BCUT2D eigenvalue weighted by atomic mass is 10.1. The summed E-state index contributed by atoms with van der Waals surface area (Å²) in [5.74, 6) is -1.48. The van der Waals surface area contributed by atoms with Crippen molar-refractivity contribution >= 4 is 11.8 Å². The zero-order valence-electron chi connectivity index (χ0n) is 12.1. The molecule has 0 aliphatic heterocycles. The van der Waals surface area contributed by atoms with E-state index in [9.17, 15) is 18.0 Å². The van der Waals surface area contributed by atoms with Gasteiger partial charge in [-0.3, -0.25) is 0 Å². The molecule has 0 spiro atoms. The van der Waals surface area contributed by atoms with Crippen molar-refractivity contribution in [1.82, 2.24) is 30.5 Å². The van der Waals surface area contributed by atoms with Gasteiger partial charge in [0.2, 0.25) is 11.5 Å². The molecule has 0 atom stereocenters. The average Bonchev–Trinajstić information content (AvgIpc) is 3.21. The van der Waals surface area contributed by atoms with Crippen LogP contribution in [0.15, 0.2) is 28.9 Å². The van der Waals surface area contributed by atoms with Crippen LogP contribution in [0.25, 0.3) is 11.4 Å². The van der Waals surface area contributed by atoms with Gasteiger partial charge in [-0.1, -0.05) is 12.1 Å². The summed E-state index contributed by atoms with van der Waals surface area (Å²) < 4.78 is 43.9. The van der Waals surface area contributed by atoms with E-state index < -0.39 is 23.4 Å². The quantitative estimate of drug-likeness (QED) is 0.699. The number of carboxylic acids is 1. The predicted octanol–water partition coefficient (Wildman–Crippen LogP) is 1.51. The summed E-state index contributed by atoms with van der Waals surface area (Å²) in [4.78, 5) is 10.9. The molecule has 0 bridgehead atoms. The molecule has 1 aromatic carbocycles. The van der Waals surface area contributed by atoms with Gasteiger partial charge in [0.15, 0.2) is 5.82 Å². The first-order chi connectivity index (χ1) is 11.9. The molecule has 0 unspecified atom stereocenters. The number of alkyl halides is 3. The summed E-state index contributed by atoms with van der Waals surface area (Å²) >= 11 is 0. The van der Waals surface area contributed by atoms with Crippen molar-refractivity contribution < 1.29 is 27.7 Å². The molecule has 0 saturated carbocycles. The number of aromatic carboxylic acids is 1. The van der Waals surface area contributed by atoms with E-state index in [4.69, 9.17) is 5.11 Å². The number of carbonyl (C=O) groups is 1. The van der Waals surface area contributed by atoms with Gasteiger partial charge in [-0.25, -0.2) is 14.1 Å². The van der Waals surface area contributed by atoms with Crippen LogP contribution in [-0.2, 0) is 12.8 Å². The Labute approximate surface area is 136 Å². The van der Waals surface area contributed by atoms with Crippen LogP contribution in [0.1, 0.15) is 16.1 Å². The van der Waals surface area contributed by atoms with Crippen LogP contribution in [-0.4, -0.2) is 41.6 Å². The number of anilines is 1. The molecule has 0 aliphatic rings. The van der Waals surface area contributed by atoms with Crippen molar-refractivity contribution in [2.24, 2.45) is 0 Å². The smallest absolute Gasteiger partial charge is 0.416 e. The Morgan fingerprint density at radius 3 is 2.84 bits per heavy atom. The molecule has 3 aromatic rings. The maximum atomic E-state index is 12.8. The van der Waals surface area contributed by atoms with Crippen molar-refractivity contribution in [1.29, 1.82) is 0 Å². The van der Waals surface area contributed by atoms with Crippen molar-refractivity contribution in [3.63, 3.8) is 0 Å². The van der Waals surface area contributed by atoms with E-state index in [1.807, 2.05) is 0 Å². The molecule has 0 fully saturated rings. The number of hydrogen-bond acceptors (Lipinski definition) is 8. The van der Waals surface area contributed by atoms with Gasteiger partial charge < -0.3 is 10.4 Å². The fourth-order valence-electron chi connectivity index (χ4n) is 1.95. The summed E-state index contributed by atoms with van der Waals surface area (Å²) in [6.07, 6.45) is -4.50. The molecule has 0 aliphatic carbocycles. The maximum absolute atomic E-state index is 12.8. The third-order valence-corrected chi connectivity index (χ3v) is 3.07. The zero-order chi connectivity index (χ0) is 18.0. The molecule has 0 radical (unpaired) electrons. The lowest BCUT2D eigenvalue weighted by Crippen LogP contribution is -2.14. The standard InChI is InChI=1S/C12H8F3N7O3/c13-12(14,15)7-3-1-2-6(4-7)10-17-20-21-22(10)5-16-9-8(11(23)24)18-25-19-9/h1-4H,5H2,(H,16,19)(H,23,24). The van der Waals surface area contributed by atoms with Gasteiger partial charge in [0.05, 0.1) is 5.56 Å². The molecule has 0 amide bonds. The number of benzene rings is 1. The number of carboxylic acid groups (broad SMARTS) is 1. The largest absolute Gasteiger partial charge is 0.476 e. The van der Waals surface area contributed by atoms with Crippen molar-refractivity contribution in [3.8, 4) is 11.4 Å². The second-order valence-corrected chi connectivity index (χ2v) is 4.68. The number of halogens is 3. The maximum Gasteiger partial charge on any atom is 0.416 e. The first-order valence-corrected chi connectivity index (χ1v) is 6.60. The number of hydrogen-bond donors (Lipinski definition) is 2. The van der Waals surface area contributed by atoms with E-state index in [2.05, 4.69) is 35.8 Å². The molecule has 130 valence electrons. The van der Waals surface area contributed by atoms with E-state index >= 15 is 0 Å². The number of nitrogens with one attached hydrogen (secondary N) is 1. The highest BCUT2D eigenvalue weighted by atomic mass is 19.4. The van der Waals surface area contributed by atoms with Crippen molar-refractivity contribution in [2.45, 2.75) is 12.8 Å². The average molecular weight is 355 g/mol. The fourth-order valence-corrected chi connectivity index (χ4v) is 1.95. The first kappa shape index (κ1) is 16.4. The van der Waals surface area contributed by atoms with Gasteiger partial charge in [-0.15, -0.1) is 5.10 Å². The summed E-state index contributed by atoms with van der Waals surface area (Å²) in [5, 5.41) is 28.8. The Morgan fingerprint density at radius 1 is 1.32 bits per heavy atom. The molecule has 2 aromatic heterocycles. The van der Waals surface area contributed by atoms with E-state index in [1.54, 1.807) is 0 Å². The molecule has 0 saturated heterocycles. The molecule has 3 rings (SSSR count). The van der Waals surface area contributed by atoms with Crippen LogP contribution < -0.4 is 5.32 Å². The Morgan fingerprint density at radius 2 is 2.12 bits per heavy atom. The van der Waals surface area contributed by atoms with Crippen LogP contribution in [0, 0.1) is 0 Å². The van der Waals surface area contributed by atoms with Crippen LogP contribution in [0.4, 0.5) is 19.0 Å². The molecule has 25 heavy (non-hydrogen) atoms. The minimum absolute atomic E-state index is 0.0481. The number of tetrazole rings is 1. The summed E-state index contributed by atoms with van der Waals surface area (Å²) in [7, 11) is 0. The van der Waals surface area contributed by atoms with E-state index in [0.29, 0.717) is 0 Å². The fraction of sp³-hybridized carbons (Fsp3) is 0.167. The van der Waals surface area contributed by atoms with E-state index in [1.165, 1.54) is 12.1 Å². The van der Waals surface area contributed by atoms with Crippen LogP contribution in [0.5, 0.6) is 0 Å². The SMILES string of the molecule is O=C(O)c1nonc1NCn1nnnc1-c1cccc(C(F)(F)F)c1. The number of nitrogens with zero attached hydrogens (tertiary/aromatic N) is 6. The minimum Gasteiger partial charge on any atom is -0.476 e. The molecule has 2 heterocycles. The molecule has 10 nitrogen and oxygen atoms in total. The van der Waals surface area contributed by atoms with Gasteiger partial charge in [-0.2, -0.15) is 13.2 Å². The highest BCUT2D eigenvalue weighted by Crippen LogP contribution is 2.31. The number of aromatic nitrogens is 6. The second-order valence-electron chi connectivity index (χ2n) is 4.68. The zero-order valence-corrected chi connectivity index (χ0v) is 12.1. The van der Waals surface area contributed by atoms with Gasteiger partial charge in [0.25, 0.3) is 0 Å². The third kappa shape index (κ3) is 3.39. The molecule has 2 N–H and O–H groups in total. The monoisotopic (exact) mass is 355 g/mol. The Bertz CT molecular complexity index is 905. The van der Waals surface area contributed by atoms with Crippen LogP contribution in [0.2, 0.25) is 0 Å². The molecule has 13 heteroatoms. The summed E-state index contributed by atoms with van der Waals surface area (Å²) in [6, 6.07) is 4.48. The van der Waals surface area contributed by atoms with Gasteiger partial charge in [0, 0.05) is 5.56 Å². The van der Waals surface area contributed by atoms with Gasteiger partial charge in [-0.05, 0) is 32.9 Å². The van der Waals surface area contributed by atoms with Crippen LogP contribution in [0.3, 0.4) is 0 Å². The number of rotatable bonds is 5. The summed E-state index contributed by atoms with van der Waals surface area (Å²) in [6.45, 7) is -0.174. The third-order valence-electron chi connectivity index (χ3n) is 3.07. The van der Waals surface area contributed by atoms with Crippen molar-refractivity contribution in [3.05, 3.63) is 35.5 Å². The van der Waals surface area contributed by atoms with Crippen LogP contribution >= 0.6 is 0 Å². The Kier molecular flexibility index (Phi) is 4.04. The lowest BCUT2D eigenvalue weighted by Gasteiger charge is -2.09. The normalized spacial score (nSPS) is 11.5. The second kappa shape index (κ2) is 6.18. The highest BCUT2D eigenvalue weighted by Gasteiger charge is 2.30. The Balaban J connectivity index is 1.84. The Hall–Kier alpha value is -3.51. The minimum atomic E-state index is -4.50. The lowest BCUT2D eigenvalue weighted by molar-refractivity contribution is -0.137. The van der Waals surface area contributed by atoms with E-state index in [0.717, 1.165) is 16.8 Å². The van der Waals surface area contributed by atoms with Gasteiger partial charge >= 0.3 is 12.1 Å². The van der Waals surface area contributed by atoms with Crippen molar-refractivity contribution in [2.75, 3.05) is 5.32 Å². The first-order valence-electron chi connectivity index (χ1n) is 6.60. The van der Waals surface area contributed by atoms with E-state index in [-0.39, 0.29) is 23.9 Å². The topological polar surface area (TPSA) is 132 Å².